The molecule has 8 nitrogen and oxygen atoms in total. The SMILES string of the molecule is CNS(=O)(=O)c1ccc(N2CCSCC2)c(Nc2ncnc3[nH]ccc23)c1. The zero-order valence-corrected chi connectivity index (χ0v) is 16.4. The number of H-pyrrole nitrogens is 1. The minimum Gasteiger partial charge on any atom is -0.368 e. The van der Waals surface area contributed by atoms with Crippen molar-refractivity contribution in [3.05, 3.63) is 36.8 Å². The maximum atomic E-state index is 12.3. The summed E-state index contributed by atoms with van der Waals surface area (Å²) in [5, 5.41) is 4.17. The van der Waals surface area contributed by atoms with E-state index >= 15 is 0 Å². The first-order valence-corrected chi connectivity index (χ1v) is 11.2. The average Bonchev–Trinajstić information content (AvgIpc) is 3.18. The Morgan fingerprint density at radius 3 is 2.78 bits per heavy atom. The molecule has 3 heterocycles. The highest BCUT2D eigenvalue weighted by atomic mass is 32.2. The Bertz CT molecular complexity index is 1060. The lowest BCUT2D eigenvalue weighted by Gasteiger charge is -2.30. The summed E-state index contributed by atoms with van der Waals surface area (Å²) in [4.78, 5) is 14.1. The lowest BCUT2D eigenvalue weighted by atomic mass is 10.2. The predicted molar refractivity (Wildman–Crippen MR) is 109 cm³/mol. The number of hydrogen-bond acceptors (Lipinski definition) is 7. The molecule has 1 aliphatic heterocycles. The van der Waals surface area contributed by atoms with E-state index < -0.39 is 10.0 Å². The van der Waals surface area contributed by atoms with Crippen molar-refractivity contribution in [2.45, 2.75) is 4.90 Å². The van der Waals surface area contributed by atoms with E-state index in [1.54, 1.807) is 18.3 Å². The summed E-state index contributed by atoms with van der Waals surface area (Å²) in [5.74, 6) is 2.73. The van der Waals surface area contributed by atoms with Crippen LogP contribution in [0, 0.1) is 0 Å². The molecule has 1 aliphatic rings. The van der Waals surface area contributed by atoms with E-state index in [2.05, 4.69) is 29.9 Å². The zero-order valence-electron chi connectivity index (χ0n) is 14.8. The lowest BCUT2D eigenvalue weighted by Crippen LogP contribution is -2.33. The highest BCUT2D eigenvalue weighted by molar-refractivity contribution is 7.99. The van der Waals surface area contributed by atoms with Crippen LogP contribution in [0.15, 0.2) is 41.7 Å². The predicted octanol–water partition coefficient (Wildman–Crippen LogP) is 2.16. The van der Waals surface area contributed by atoms with Crippen LogP contribution < -0.4 is 14.9 Å². The first-order chi connectivity index (χ1) is 13.1. The van der Waals surface area contributed by atoms with Crippen molar-refractivity contribution in [2.24, 2.45) is 0 Å². The highest BCUT2D eigenvalue weighted by Crippen LogP contribution is 2.33. The summed E-state index contributed by atoms with van der Waals surface area (Å²) in [6.45, 7) is 1.83. The zero-order chi connectivity index (χ0) is 18.9. The third kappa shape index (κ3) is 3.60. The lowest BCUT2D eigenvalue weighted by molar-refractivity contribution is 0.588. The molecule has 0 aliphatic carbocycles. The molecule has 2 aromatic heterocycles. The van der Waals surface area contributed by atoms with Crippen LogP contribution in [-0.2, 0) is 10.0 Å². The first-order valence-electron chi connectivity index (χ1n) is 8.54. The van der Waals surface area contributed by atoms with Gasteiger partial charge in [0.25, 0.3) is 0 Å². The quantitative estimate of drug-likeness (QED) is 0.599. The second-order valence-electron chi connectivity index (χ2n) is 6.07. The largest absolute Gasteiger partial charge is 0.368 e. The summed E-state index contributed by atoms with van der Waals surface area (Å²) in [6, 6.07) is 7.05. The van der Waals surface area contributed by atoms with E-state index in [0.717, 1.165) is 41.3 Å². The fourth-order valence-electron chi connectivity index (χ4n) is 3.08. The Hall–Kier alpha value is -2.30. The number of sulfonamides is 1. The van der Waals surface area contributed by atoms with Crippen LogP contribution in [0.1, 0.15) is 0 Å². The van der Waals surface area contributed by atoms with Crippen LogP contribution in [0.3, 0.4) is 0 Å². The van der Waals surface area contributed by atoms with E-state index in [1.165, 1.54) is 13.4 Å². The van der Waals surface area contributed by atoms with Gasteiger partial charge < -0.3 is 15.2 Å². The fourth-order valence-corrected chi connectivity index (χ4v) is 4.74. The molecule has 1 fully saturated rings. The topological polar surface area (TPSA) is 103 Å². The highest BCUT2D eigenvalue weighted by Gasteiger charge is 2.20. The Morgan fingerprint density at radius 1 is 1.19 bits per heavy atom. The van der Waals surface area contributed by atoms with Crippen molar-refractivity contribution in [2.75, 3.05) is 41.9 Å². The molecule has 3 N–H and O–H groups in total. The number of hydrogen-bond donors (Lipinski definition) is 3. The van der Waals surface area contributed by atoms with Crippen LogP contribution in [-0.4, -0.2) is 55.0 Å². The van der Waals surface area contributed by atoms with Gasteiger partial charge >= 0.3 is 0 Å². The molecular weight excluding hydrogens is 384 g/mol. The van der Waals surface area contributed by atoms with Crippen LogP contribution in [0.2, 0.25) is 0 Å². The number of nitrogens with zero attached hydrogens (tertiary/aromatic N) is 3. The molecule has 4 rings (SSSR count). The molecule has 0 atom stereocenters. The van der Waals surface area contributed by atoms with Gasteiger partial charge in [-0.25, -0.2) is 23.1 Å². The van der Waals surface area contributed by atoms with E-state index in [1.807, 2.05) is 23.9 Å². The molecule has 0 bridgehead atoms. The summed E-state index contributed by atoms with van der Waals surface area (Å²) in [6.07, 6.45) is 3.28. The second kappa shape index (κ2) is 7.37. The number of nitrogens with one attached hydrogen (secondary N) is 3. The van der Waals surface area contributed by atoms with Crippen LogP contribution in [0.4, 0.5) is 17.2 Å². The molecule has 0 spiro atoms. The minimum absolute atomic E-state index is 0.210. The van der Waals surface area contributed by atoms with Crippen molar-refractivity contribution in [3.63, 3.8) is 0 Å². The van der Waals surface area contributed by atoms with Gasteiger partial charge in [0.2, 0.25) is 10.0 Å². The van der Waals surface area contributed by atoms with Crippen molar-refractivity contribution in [1.82, 2.24) is 19.7 Å². The van der Waals surface area contributed by atoms with Gasteiger partial charge in [0, 0.05) is 30.8 Å². The number of thioether (sulfide) groups is 1. The molecule has 27 heavy (non-hydrogen) atoms. The maximum Gasteiger partial charge on any atom is 0.240 e. The molecule has 142 valence electrons. The van der Waals surface area contributed by atoms with Crippen LogP contribution in [0.5, 0.6) is 0 Å². The Morgan fingerprint density at radius 2 is 2.00 bits per heavy atom. The van der Waals surface area contributed by atoms with Crippen LogP contribution >= 0.6 is 11.8 Å². The Labute approximate surface area is 161 Å². The van der Waals surface area contributed by atoms with Gasteiger partial charge in [0.1, 0.15) is 17.8 Å². The second-order valence-corrected chi connectivity index (χ2v) is 9.18. The third-order valence-electron chi connectivity index (χ3n) is 4.51. The summed E-state index contributed by atoms with van der Waals surface area (Å²) in [5.41, 5.74) is 2.40. The van der Waals surface area contributed by atoms with Gasteiger partial charge in [-0.15, -0.1) is 0 Å². The van der Waals surface area contributed by atoms with Gasteiger partial charge in [-0.1, -0.05) is 0 Å². The molecule has 10 heteroatoms. The number of aromatic nitrogens is 3. The monoisotopic (exact) mass is 404 g/mol. The van der Waals surface area contributed by atoms with Crippen LogP contribution in [0.25, 0.3) is 11.0 Å². The van der Waals surface area contributed by atoms with E-state index in [0.29, 0.717) is 11.5 Å². The molecule has 1 aromatic carbocycles. The summed E-state index contributed by atoms with van der Waals surface area (Å²) >= 11 is 1.92. The molecular formula is C17H20N6O2S2. The van der Waals surface area contributed by atoms with Gasteiger partial charge in [0.05, 0.1) is 21.7 Å². The summed E-state index contributed by atoms with van der Waals surface area (Å²) in [7, 11) is -2.13. The van der Waals surface area contributed by atoms with Gasteiger partial charge in [0.15, 0.2) is 0 Å². The smallest absolute Gasteiger partial charge is 0.240 e. The molecule has 0 amide bonds. The Kier molecular flexibility index (Phi) is 4.94. The van der Waals surface area contributed by atoms with Gasteiger partial charge in [-0.3, -0.25) is 0 Å². The van der Waals surface area contributed by atoms with Gasteiger partial charge in [-0.05, 0) is 31.3 Å². The number of benzene rings is 1. The molecule has 0 saturated carbocycles. The normalized spacial score (nSPS) is 15.2. The minimum atomic E-state index is -3.54. The van der Waals surface area contributed by atoms with Crippen molar-refractivity contribution in [3.8, 4) is 0 Å². The first kappa shape index (κ1) is 18.1. The molecule has 3 aromatic rings. The van der Waals surface area contributed by atoms with Gasteiger partial charge in [-0.2, -0.15) is 11.8 Å². The van der Waals surface area contributed by atoms with Crippen molar-refractivity contribution in [1.29, 1.82) is 0 Å². The Balaban J connectivity index is 1.79. The maximum absolute atomic E-state index is 12.3. The number of fused-ring (bicyclic) bond motifs is 1. The van der Waals surface area contributed by atoms with Crippen molar-refractivity contribution < 1.29 is 8.42 Å². The van der Waals surface area contributed by atoms with E-state index in [9.17, 15) is 8.42 Å². The summed E-state index contributed by atoms with van der Waals surface area (Å²) < 4.78 is 26.9. The molecule has 0 radical (unpaired) electrons. The number of rotatable bonds is 5. The van der Waals surface area contributed by atoms with E-state index in [-0.39, 0.29) is 4.90 Å². The van der Waals surface area contributed by atoms with Crippen molar-refractivity contribution >= 4 is 50.0 Å². The fraction of sp³-hybridized carbons (Fsp3) is 0.294. The average molecular weight is 405 g/mol. The number of aromatic amines is 1. The molecule has 0 unspecified atom stereocenters. The standard InChI is InChI=1S/C17H20N6O2S2/c1-18-27(24,25)12-2-3-15(23-6-8-26-9-7-23)14(10-12)22-17-13-4-5-19-16(13)20-11-21-17/h2-5,10-11,18H,6-9H2,1H3,(H2,19,20,21,22). The third-order valence-corrected chi connectivity index (χ3v) is 6.86. The van der Waals surface area contributed by atoms with E-state index in [4.69, 9.17) is 0 Å². The number of anilines is 3. The molecule has 1 saturated heterocycles.